The Kier molecular flexibility index (Phi) is 10.7. The molecule has 0 bridgehead atoms. The lowest BCUT2D eigenvalue weighted by molar-refractivity contribution is -0.138. The number of hydrogen-bond donors (Lipinski definition) is 3. The first-order valence-corrected chi connectivity index (χ1v) is 15.3. The summed E-state index contributed by atoms with van der Waals surface area (Å²) in [7, 11) is 1.53. The van der Waals surface area contributed by atoms with E-state index in [1.165, 1.54) is 7.11 Å². The molecule has 11 nitrogen and oxygen atoms in total. The highest BCUT2D eigenvalue weighted by Crippen LogP contribution is 2.28. The van der Waals surface area contributed by atoms with E-state index in [2.05, 4.69) is 20.4 Å². The fourth-order valence-corrected chi connectivity index (χ4v) is 5.73. The van der Waals surface area contributed by atoms with Crippen molar-refractivity contribution in [2.45, 2.75) is 32.4 Å². The van der Waals surface area contributed by atoms with Crippen molar-refractivity contribution in [3.8, 4) is 11.5 Å². The fraction of sp³-hybridized carbons (Fsp3) is 0.382. The minimum absolute atomic E-state index is 0.0360. The average Bonchev–Trinajstić information content (AvgIpc) is 3.46. The number of para-hydroxylation sites is 1. The highest BCUT2D eigenvalue weighted by atomic mass is 16.5. The molecule has 3 N–H and O–H groups in total. The number of carbonyl (C=O) groups excluding carboxylic acids is 2. The number of piperazine rings is 1. The van der Waals surface area contributed by atoms with Crippen LogP contribution in [0.3, 0.4) is 0 Å². The Morgan fingerprint density at radius 1 is 0.889 bits per heavy atom. The number of carbonyl (C=O) groups is 3. The van der Waals surface area contributed by atoms with Crippen LogP contribution >= 0.6 is 0 Å². The first-order valence-electron chi connectivity index (χ1n) is 15.3. The van der Waals surface area contributed by atoms with Crippen LogP contribution in [0.2, 0.25) is 0 Å². The molecule has 3 aromatic rings. The predicted molar refractivity (Wildman–Crippen MR) is 172 cm³/mol. The monoisotopic (exact) mass is 615 g/mol. The second-order valence-corrected chi connectivity index (χ2v) is 11.5. The van der Waals surface area contributed by atoms with Gasteiger partial charge in [-0.15, -0.1) is 0 Å². The molecular formula is C34H41N5O6. The summed E-state index contributed by atoms with van der Waals surface area (Å²) in [4.78, 5) is 43.3. The highest BCUT2D eigenvalue weighted by Gasteiger charge is 2.29. The molecule has 5 rings (SSSR count). The molecular weight excluding hydrogens is 574 g/mol. The Bertz CT molecular complexity index is 1490. The molecule has 2 aliphatic rings. The standard InChI is InChI=1S/C34H41N5O6/c1-24-6-3-4-7-28(24)35-34(43)36-29-14-9-25(21-31(29)44-2)20-30(40)26-10-12-27(13-11-26)45-32-8-5-15-39(32)23-38-18-16-37(17-19-38)22-33(41)42/h3-4,6-7,9-14,21,32H,5,8,15-20,22-23H2,1-2H3,(H,41,42)(H2,35,36,43). The van der Waals surface area contributed by atoms with Crippen LogP contribution in [0.15, 0.2) is 66.7 Å². The molecule has 2 heterocycles. The van der Waals surface area contributed by atoms with Crippen LogP contribution in [0, 0.1) is 6.92 Å². The zero-order valence-corrected chi connectivity index (χ0v) is 25.8. The number of benzene rings is 3. The molecule has 0 aromatic heterocycles. The Hall–Kier alpha value is -4.45. The van der Waals surface area contributed by atoms with Crippen molar-refractivity contribution in [3.05, 3.63) is 83.4 Å². The van der Waals surface area contributed by atoms with E-state index in [4.69, 9.17) is 14.6 Å². The van der Waals surface area contributed by atoms with Crippen molar-refractivity contribution in [1.29, 1.82) is 0 Å². The summed E-state index contributed by atoms with van der Waals surface area (Å²) in [6, 6.07) is 19.7. The van der Waals surface area contributed by atoms with Crippen LogP contribution < -0.4 is 20.1 Å². The molecule has 2 aliphatic heterocycles. The van der Waals surface area contributed by atoms with E-state index in [0.717, 1.165) is 74.8 Å². The third-order valence-corrected chi connectivity index (χ3v) is 8.23. The van der Waals surface area contributed by atoms with Gasteiger partial charge in [0, 0.05) is 50.4 Å². The summed E-state index contributed by atoms with van der Waals surface area (Å²) in [6.45, 7) is 6.92. The van der Waals surface area contributed by atoms with E-state index in [1.54, 1.807) is 24.3 Å². The van der Waals surface area contributed by atoms with Gasteiger partial charge in [0.15, 0.2) is 12.0 Å². The number of urea groups is 1. The molecule has 0 spiro atoms. The van der Waals surface area contributed by atoms with Crippen molar-refractivity contribution < 1.29 is 29.0 Å². The van der Waals surface area contributed by atoms with E-state index in [1.807, 2.05) is 54.3 Å². The van der Waals surface area contributed by atoms with Gasteiger partial charge < -0.3 is 25.2 Å². The maximum atomic E-state index is 13.1. The van der Waals surface area contributed by atoms with Gasteiger partial charge in [0.1, 0.15) is 11.5 Å². The summed E-state index contributed by atoms with van der Waals surface area (Å²) in [5.74, 6) is 0.363. The number of anilines is 2. The number of aryl methyl sites for hydroxylation is 1. The van der Waals surface area contributed by atoms with Crippen molar-refractivity contribution in [3.63, 3.8) is 0 Å². The van der Waals surface area contributed by atoms with Crippen molar-refractivity contribution in [2.24, 2.45) is 0 Å². The lowest BCUT2D eigenvalue weighted by Crippen LogP contribution is -2.52. The summed E-state index contributed by atoms with van der Waals surface area (Å²) in [6.07, 6.45) is 2.12. The molecule has 0 radical (unpaired) electrons. The quantitative estimate of drug-likeness (QED) is 0.252. The van der Waals surface area contributed by atoms with Crippen molar-refractivity contribution in [2.75, 3.05) is 63.7 Å². The van der Waals surface area contributed by atoms with Crippen LogP contribution in [0.5, 0.6) is 11.5 Å². The number of Topliss-reactive ketones (excluding diaryl/α,β-unsaturated/α-hetero) is 1. The van der Waals surface area contributed by atoms with Gasteiger partial charge in [0.25, 0.3) is 0 Å². The smallest absolute Gasteiger partial charge is 0.323 e. The zero-order chi connectivity index (χ0) is 31.8. The van der Waals surface area contributed by atoms with Gasteiger partial charge in [-0.1, -0.05) is 24.3 Å². The number of carboxylic acids is 1. The van der Waals surface area contributed by atoms with E-state index < -0.39 is 5.97 Å². The van der Waals surface area contributed by atoms with Gasteiger partial charge in [0.2, 0.25) is 0 Å². The van der Waals surface area contributed by atoms with Gasteiger partial charge in [-0.25, -0.2) is 4.79 Å². The number of ketones is 1. The van der Waals surface area contributed by atoms with E-state index in [-0.39, 0.29) is 31.0 Å². The van der Waals surface area contributed by atoms with Gasteiger partial charge in [-0.2, -0.15) is 0 Å². The number of amides is 2. The number of ether oxygens (including phenoxy) is 2. The number of hydrogen-bond acceptors (Lipinski definition) is 8. The minimum Gasteiger partial charge on any atom is -0.495 e. The largest absolute Gasteiger partial charge is 0.495 e. The maximum Gasteiger partial charge on any atom is 0.323 e. The minimum atomic E-state index is -0.784. The van der Waals surface area contributed by atoms with Crippen molar-refractivity contribution >= 4 is 29.2 Å². The fourth-order valence-electron chi connectivity index (χ4n) is 5.73. The third kappa shape index (κ3) is 8.81. The van der Waals surface area contributed by atoms with Crippen LogP contribution in [-0.2, 0) is 11.2 Å². The first-order chi connectivity index (χ1) is 21.8. The molecule has 45 heavy (non-hydrogen) atoms. The van der Waals surface area contributed by atoms with Crippen molar-refractivity contribution in [1.82, 2.24) is 14.7 Å². The van der Waals surface area contributed by atoms with E-state index in [0.29, 0.717) is 17.0 Å². The first kappa shape index (κ1) is 32.0. The van der Waals surface area contributed by atoms with Gasteiger partial charge >= 0.3 is 12.0 Å². The highest BCUT2D eigenvalue weighted by molar-refractivity contribution is 6.01. The van der Waals surface area contributed by atoms with E-state index >= 15 is 0 Å². The summed E-state index contributed by atoms with van der Waals surface area (Å²) < 4.78 is 11.8. The number of nitrogens with one attached hydrogen (secondary N) is 2. The Balaban J connectivity index is 1.12. The Morgan fingerprint density at radius 2 is 1.60 bits per heavy atom. The van der Waals surface area contributed by atoms with Crippen LogP contribution in [0.4, 0.5) is 16.2 Å². The molecule has 11 heteroatoms. The number of methoxy groups -OCH3 is 1. The second kappa shape index (κ2) is 15.0. The normalized spacial score (nSPS) is 17.5. The van der Waals surface area contributed by atoms with Gasteiger partial charge in [-0.05, 0) is 73.4 Å². The molecule has 238 valence electrons. The SMILES string of the molecule is COc1cc(CC(=O)c2ccc(OC3CCCN3CN3CCN(CC(=O)O)CC3)cc2)ccc1NC(=O)Nc1ccccc1C. The average molecular weight is 616 g/mol. The Labute approximate surface area is 263 Å². The number of likely N-dealkylation sites (tertiary alicyclic amines) is 1. The molecule has 2 fully saturated rings. The van der Waals surface area contributed by atoms with Crippen LogP contribution in [-0.4, -0.2) is 96.9 Å². The molecule has 0 saturated carbocycles. The molecule has 2 saturated heterocycles. The summed E-state index contributed by atoms with van der Waals surface area (Å²) >= 11 is 0. The molecule has 1 unspecified atom stereocenters. The molecule has 1 atom stereocenters. The second-order valence-electron chi connectivity index (χ2n) is 11.5. The maximum absolute atomic E-state index is 13.1. The van der Waals surface area contributed by atoms with Gasteiger partial charge in [0.05, 0.1) is 26.0 Å². The van der Waals surface area contributed by atoms with Gasteiger partial charge in [-0.3, -0.25) is 24.3 Å². The summed E-state index contributed by atoms with van der Waals surface area (Å²) in [5.41, 5.74) is 3.53. The zero-order valence-electron chi connectivity index (χ0n) is 25.8. The lowest BCUT2D eigenvalue weighted by atomic mass is 10.0. The molecule has 0 aliphatic carbocycles. The number of nitrogens with zero attached hydrogens (tertiary/aromatic N) is 3. The number of carboxylic acid groups (broad SMARTS) is 1. The summed E-state index contributed by atoms with van der Waals surface area (Å²) in [5, 5.41) is 14.7. The topological polar surface area (TPSA) is 124 Å². The number of rotatable bonds is 12. The Morgan fingerprint density at radius 3 is 2.31 bits per heavy atom. The number of aliphatic carboxylic acids is 1. The molecule has 2 amide bonds. The van der Waals surface area contributed by atoms with Crippen LogP contribution in [0.25, 0.3) is 0 Å². The third-order valence-electron chi connectivity index (χ3n) is 8.23. The predicted octanol–water partition coefficient (Wildman–Crippen LogP) is 4.53. The van der Waals surface area contributed by atoms with Crippen LogP contribution in [0.1, 0.15) is 34.3 Å². The molecule has 3 aromatic carbocycles. The van der Waals surface area contributed by atoms with E-state index in [9.17, 15) is 14.4 Å². The lowest BCUT2D eigenvalue weighted by Gasteiger charge is -2.37.